The Labute approximate surface area is 108 Å². The summed E-state index contributed by atoms with van der Waals surface area (Å²) in [5, 5.41) is 10.00. The summed E-state index contributed by atoms with van der Waals surface area (Å²) in [4.78, 5) is 22.6. The molecule has 4 rings (SSSR count). The van der Waals surface area contributed by atoms with E-state index in [1.165, 1.54) is 0 Å². The number of carbonyl (C=O) groups is 1. The quantitative estimate of drug-likeness (QED) is 0.734. The van der Waals surface area contributed by atoms with Crippen LogP contribution < -0.4 is 0 Å². The third-order valence-corrected chi connectivity index (χ3v) is 3.97. The van der Waals surface area contributed by atoms with Crippen LogP contribution in [0.1, 0.15) is 18.9 Å². The predicted molar refractivity (Wildman–Crippen MR) is 68.8 cm³/mol. The fourth-order valence-corrected chi connectivity index (χ4v) is 2.82. The number of H-pyrrole nitrogens is 1. The molecule has 0 amide bonds. The molecule has 0 atom stereocenters. The molecule has 1 aliphatic rings. The van der Waals surface area contributed by atoms with Gasteiger partial charge in [-0.1, -0.05) is 0 Å². The number of nitrogens with one attached hydrogen (secondary N) is 1. The maximum absolute atomic E-state index is 10.9. The highest BCUT2D eigenvalue weighted by Crippen LogP contribution is 2.40. The Morgan fingerprint density at radius 3 is 3.05 bits per heavy atom. The molecule has 0 saturated heterocycles. The van der Waals surface area contributed by atoms with Crippen LogP contribution in [0, 0.1) is 5.92 Å². The van der Waals surface area contributed by atoms with Gasteiger partial charge in [-0.2, -0.15) is 0 Å². The minimum atomic E-state index is -0.700. The van der Waals surface area contributed by atoms with Crippen LogP contribution in [0.2, 0.25) is 0 Å². The number of rotatable bonds is 2. The fourth-order valence-electron chi connectivity index (χ4n) is 2.82. The summed E-state index contributed by atoms with van der Waals surface area (Å²) in [6, 6.07) is 2.21. The van der Waals surface area contributed by atoms with Crippen LogP contribution in [-0.2, 0) is 4.79 Å². The van der Waals surface area contributed by atoms with Crippen molar-refractivity contribution in [2.75, 3.05) is 0 Å². The van der Waals surface area contributed by atoms with Crippen molar-refractivity contribution in [1.82, 2.24) is 19.5 Å². The van der Waals surface area contributed by atoms with Crippen molar-refractivity contribution in [1.29, 1.82) is 0 Å². The highest BCUT2D eigenvalue weighted by atomic mass is 16.4. The van der Waals surface area contributed by atoms with Gasteiger partial charge < -0.3 is 14.7 Å². The molecule has 1 fully saturated rings. The Morgan fingerprint density at radius 1 is 1.42 bits per heavy atom. The average molecular weight is 256 g/mol. The molecule has 6 nitrogen and oxygen atoms in total. The highest BCUT2D eigenvalue weighted by molar-refractivity contribution is 6.01. The first-order valence-electron chi connectivity index (χ1n) is 6.25. The SMILES string of the molecule is O=C(O)C1CC(n2cnc3cnc4[nH]ccc4c32)C1. The van der Waals surface area contributed by atoms with Crippen LogP contribution in [0.4, 0.5) is 0 Å². The summed E-state index contributed by atoms with van der Waals surface area (Å²) in [5.41, 5.74) is 2.73. The van der Waals surface area contributed by atoms with Crippen molar-refractivity contribution in [3.05, 3.63) is 24.8 Å². The van der Waals surface area contributed by atoms with E-state index in [4.69, 9.17) is 5.11 Å². The average Bonchev–Trinajstić information content (AvgIpc) is 2.91. The maximum Gasteiger partial charge on any atom is 0.306 e. The van der Waals surface area contributed by atoms with Gasteiger partial charge in [-0.15, -0.1) is 0 Å². The zero-order chi connectivity index (χ0) is 13.0. The Kier molecular flexibility index (Phi) is 1.98. The van der Waals surface area contributed by atoms with Gasteiger partial charge in [-0.3, -0.25) is 4.79 Å². The van der Waals surface area contributed by atoms with Crippen molar-refractivity contribution in [3.63, 3.8) is 0 Å². The molecule has 96 valence electrons. The Hall–Kier alpha value is -2.37. The second-order valence-electron chi connectivity index (χ2n) is 5.04. The number of pyridine rings is 1. The van der Waals surface area contributed by atoms with E-state index >= 15 is 0 Å². The highest BCUT2D eigenvalue weighted by Gasteiger charge is 2.36. The molecular weight excluding hydrogens is 244 g/mol. The lowest BCUT2D eigenvalue weighted by atomic mass is 9.80. The van der Waals surface area contributed by atoms with Gasteiger partial charge in [-0.25, -0.2) is 9.97 Å². The van der Waals surface area contributed by atoms with E-state index < -0.39 is 5.97 Å². The number of imidazole rings is 1. The molecule has 1 aliphatic carbocycles. The van der Waals surface area contributed by atoms with Gasteiger partial charge in [0.15, 0.2) is 0 Å². The molecule has 0 aromatic carbocycles. The lowest BCUT2D eigenvalue weighted by Crippen LogP contribution is -2.31. The number of hydrogen-bond acceptors (Lipinski definition) is 3. The van der Waals surface area contributed by atoms with Crippen molar-refractivity contribution in [3.8, 4) is 0 Å². The maximum atomic E-state index is 10.9. The van der Waals surface area contributed by atoms with E-state index in [1.807, 2.05) is 12.3 Å². The van der Waals surface area contributed by atoms with Crippen LogP contribution in [0.5, 0.6) is 0 Å². The molecule has 6 heteroatoms. The molecule has 1 saturated carbocycles. The molecule has 0 aliphatic heterocycles. The number of fused-ring (bicyclic) bond motifs is 3. The van der Waals surface area contributed by atoms with Crippen molar-refractivity contribution in [2.45, 2.75) is 18.9 Å². The first-order chi connectivity index (χ1) is 9.24. The van der Waals surface area contributed by atoms with E-state index in [0.717, 1.165) is 22.1 Å². The largest absolute Gasteiger partial charge is 0.481 e. The third-order valence-electron chi connectivity index (χ3n) is 3.97. The van der Waals surface area contributed by atoms with Gasteiger partial charge in [0.1, 0.15) is 11.2 Å². The third kappa shape index (κ3) is 1.39. The Bertz CT molecular complexity index is 782. The zero-order valence-electron chi connectivity index (χ0n) is 10.1. The van der Waals surface area contributed by atoms with Gasteiger partial charge >= 0.3 is 5.97 Å². The van der Waals surface area contributed by atoms with Crippen LogP contribution in [0.3, 0.4) is 0 Å². The number of aromatic amines is 1. The van der Waals surface area contributed by atoms with Crippen molar-refractivity contribution in [2.24, 2.45) is 5.92 Å². The van der Waals surface area contributed by atoms with E-state index in [-0.39, 0.29) is 12.0 Å². The van der Waals surface area contributed by atoms with E-state index in [0.29, 0.717) is 12.8 Å². The minimum absolute atomic E-state index is 0.217. The zero-order valence-corrected chi connectivity index (χ0v) is 10.1. The van der Waals surface area contributed by atoms with Gasteiger partial charge in [0, 0.05) is 17.6 Å². The number of aliphatic carboxylic acids is 1. The molecule has 3 aromatic rings. The molecular formula is C13H12N4O2. The Morgan fingerprint density at radius 2 is 2.26 bits per heavy atom. The van der Waals surface area contributed by atoms with Crippen LogP contribution in [0.25, 0.3) is 22.1 Å². The van der Waals surface area contributed by atoms with E-state index in [1.54, 1.807) is 12.5 Å². The summed E-state index contributed by atoms with van der Waals surface area (Å²) in [6.45, 7) is 0. The van der Waals surface area contributed by atoms with Gasteiger partial charge in [0.05, 0.1) is 24.0 Å². The first-order valence-corrected chi connectivity index (χ1v) is 6.25. The molecule has 0 unspecified atom stereocenters. The number of nitrogens with zero attached hydrogens (tertiary/aromatic N) is 3. The lowest BCUT2D eigenvalue weighted by molar-refractivity contribution is -0.145. The van der Waals surface area contributed by atoms with Crippen LogP contribution in [-0.4, -0.2) is 30.6 Å². The van der Waals surface area contributed by atoms with Gasteiger partial charge in [0.2, 0.25) is 0 Å². The number of carboxylic acids is 1. The summed E-state index contributed by atoms with van der Waals surface area (Å²) in [7, 11) is 0. The normalized spacial score (nSPS) is 22.7. The number of hydrogen-bond donors (Lipinski definition) is 2. The molecule has 0 bridgehead atoms. The van der Waals surface area contributed by atoms with Gasteiger partial charge in [-0.05, 0) is 18.9 Å². The van der Waals surface area contributed by atoms with Crippen molar-refractivity contribution < 1.29 is 9.90 Å². The van der Waals surface area contributed by atoms with Gasteiger partial charge in [0.25, 0.3) is 0 Å². The summed E-state index contributed by atoms with van der Waals surface area (Å²) >= 11 is 0. The molecule has 0 spiro atoms. The molecule has 2 N–H and O–H groups in total. The predicted octanol–water partition coefficient (Wildman–Crippen LogP) is 1.95. The lowest BCUT2D eigenvalue weighted by Gasteiger charge is -2.33. The van der Waals surface area contributed by atoms with E-state index in [9.17, 15) is 4.79 Å². The number of aromatic nitrogens is 4. The standard InChI is InChI=1S/C13H12N4O2/c18-13(19)7-3-8(4-7)17-6-16-10-5-15-12-9(11(10)17)1-2-14-12/h1-2,5-8H,3-4H2,(H,14,15)(H,18,19). The minimum Gasteiger partial charge on any atom is -0.481 e. The first kappa shape index (κ1) is 10.5. The smallest absolute Gasteiger partial charge is 0.306 e. The summed E-state index contributed by atoms with van der Waals surface area (Å²) in [6.07, 6.45) is 6.75. The topological polar surface area (TPSA) is 83.8 Å². The molecule has 0 radical (unpaired) electrons. The second-order valence-corrected chi connectivity index (χ2v) is 5.04. The second kappa shape index (κ2) is 3.57. The molecule has 3 aromatic heterocycles. The molecule has 3 heterocycles. The summed E-state index contributed by atoms with van der Waals surface area (Å²) in [5.74, 6) is -0.917. The van der Waals surface area contributed by atoms with Crippen molar-refractivity contribution >= 4 is 28.0 Å². The van der Waals surface area contributed by atoms with Crippen LogP contribution >= 0.6 is 0 Å². The number of carboxylic acid groups (broad SMARTS) is 1. The van der Waals surface area contributed by atoms with E-state index in [2.05, 4.69) is 19.5 Å². The monoisotopic (exact) mass is 256 g/mol. The molecule has 19 heavy (non-hydrogen) atoms. The Balaban J connectivity index is 1.82. The van der Waals surface area contributed by atoms with Crippen LogP contribution in [0.15, 0.2) is 24.8 Å². The fraction of sp³-hybridized carbons (Fsp3) is 0.308. The summed E-state index contributed by atoms with van der Waals surface area (Å²) < 4.78 is 2.09.